The molecule has 0 aromatic carbocycles. The van der Waals surface area contributed by atoms with Gasteiger partial charge >= 0.3 is 0 Å². The fourth-order valence-corrected chi connectivity index (χ4v) is 1.50. The normalized spacial score (nSPS) is 10.4. The molecule has 0 radical (unpaired) electrons. The van der Waals surface area contributed by atoms with E-state index < -0.39 is 0 Å². The number of nitrogens with zero attached hydrogens (tertiary/aromatic N) is 3. The second kappa shape index (κ2) is 5.66. The van der Waals surface area contributed by atoms with Crippen LogP contribution in [0.1, 0.15) is 31.5 Å². The molecule has 0 saturated heterocycles. The Labute approximate surface area is 91.5 Å². The highest BCUT2D eigenvalue weighted by atomic mass is 15.2. The van der Waals surface area contributed by atoms with Crippen LogP contribution in [0.3, 0.4) is 0 Å². The number of rotatable bonds is 5. The monoisotopic (exact) mass is 208 g/mol. The summed E-state index contributed by atoms with van der Waals surface area (Å²) in [7, 11) is 0. The highest BCUT2D eigenvalue weighted by Gasteiger charge is 2.07. The van der Waals surface area contributed by atoms with E-state index in [1.165, 1.54) is 0 Å². The van der Waals surface area contributed by atoms with Crippen LogP contribution in [-0.2, 0) is 6.54 Å². The van der Waals surface area contributed by atoms with Crippen molar-refractivity contribution in [3.8, 4) is 0 Å². The fourth-order valence-electron chi connectivity index (χ4n) is 1.50. The van der Waals surface area contributed by atoms with Gasteiger partial charge in [-0.15, -0.1) is 0 Å². The topological polar surface area (TPSA) is 55.0 Å². The maximum atomic E-state index is 5.57. The Kier molecular flexibility index (Phi) is 4.49. The third kappa shape index (κ3) is 2.89. The summed E-state index contributed by atoms with van der Waals surface area (Å²) in [6.07, 6.45) is 2.94. The predicted molar refractivity (Wildman–Crippen MR) is 62.8 cm³/mol. The molecule has 0 aliphatic carbocycles. The van der Waals surface area contributed by atoms with Crippen molar-refractivity contribution in [2.75, 3.05) is 18.0 Å². The van der Waals surface area contributed by atoms with Gasteiger partial charge in [0.25, 0.3) is 0 Å². The zero-order valence-corrected chi connectivity index (χ0v) is 9.82. The average Bonchev–Trinajstić information content (AvgIpc) is 2.25. The van der Waals surface area contributed by atoms with Crippen LogP contribution in [0.15, 0.2) is 6.20 Å². The molecule has 0 fully saturated rings. The van der Waals surface area contributed by atoms with Crippen LogP contribution in [0.5, 0.6) is 0 Å². The van der Waals surface area contributed by atoms with E-state index in [-0.39, 0.29) is 0 Å². The van der Waals surface area contributed by atoms with E-state index in [0.29, 0.717) is 6.54 Å². The zero-order chi connectivity index (χ0) is 11.3. The maximum absolute atomic E-state index is 5.57. The molecule has 4 heteroatoms. The Balaban J connectivity index is 2.89. The number of hydrogen-bond donors (Lipinski definition) is 1. The second-order valence-corrected chi connectivity index (χ2v) is 3.56. The Morgan fingerprint density at radius 2 is 2.13 bits per heavy atom. The van der Waals surface area contributed by atoms with E-state index in [1.807, 2.05) is 13.1 Å². The van der Waals surface area contributed by atoms with E-state index in [4.69, 9.17) is 5.73 Å². The molecule has 0 atom stereocenters. The first kappa shape index (κ1) is 11.9. The third-order valence-electron chi connectivity index (χ3n) is 2.45. The van der Waals surface area contributed by atoms with Crippen molar-refractivity contribution in [1.82, 2.24) is 9.97 Å². The van der Waals surface area contributed by atoms with Gasteiger partial charge < -0.3 is 10.6 Å². The lowest BCUT2D eigenvalue weighted by Gasteiger charge is -2.20. The number of hydrogen-bond acceptors (Lipinski definition) is 4. The van der Waals surface area contributed by atoms with Crippen LogP contribution >= 0.6 is 0 Å². The number of nitrogens with two attached hydrogens (primary N) is 1. The van der Waals surface area contributed by atoms with Crippen LogP contribution in [0.4, 0.5) is 5.95 Å². The molecule has 1 rings (SSSR count). The average molecular weight is 208 g/mol. The van der Waals surface area contributed by atoms with E-state index >= 15 is 0 Å². The summed E-state index contributed by atoms with van der Waals surface area (Å²) in [6, 6.07) is 0. The van der Waals surface area contributed by atoms with Gasteiger partial charge in [-0.2, -0.15) is 0 Å². The lowest BCUT2D eigenvalue weighted by atomic mass is 10.2. The molecule has 1 aromatic heterocycles. The van der Waals surface area contributed by atoms with Crippen LogP contribution in [-0.4, -0.2) is 23.1 Å². The Bertz CT molecular complexity index is 311. The molecule has 15 heavy (non-hydrogen) atoms. The quantitative estimate of drug-likeness (QED) is 0.796. The number of aryl methyl sites for hydroxylation is 1. The van der Waals surface area contributed by atoms with Gasteiger partial charge in [0.15, 0.2) is 0 Å². The summed E-state index contributed by atoms with van der Waals surface area (Å²) in [5.41, 5.74) is 7.58. The van der Waals surface area contributed by atoms with Crippen LogP contribution in [0.2, 0.25) is 0 Å². The van der Waals surface area contributed by atoms with Crippen LogP contribution in [0.25, 0.3) is 0 Å². The summed E-state index contributed by atoms with van der Waals surface area (Å²) >= 11 is 0. The van der Waals surface area contributed by atoms with Gasteiger partial charge in [-0.25, -0.2) is 9.97 Å². The van der Waals surface area contributed by atoms with Crippen LogP contribution < -0.4 is 10.6 Å². The van der Waals surface area contributed by atoms with Crippen molar-refractivity contribution in [2.45, 2.75) is 33.7 Å². The third-order valence-corrected chi connectivity index (χ3v) is 2.45. The summed E-state index contributed by atoms with van der Waals surface area (Å²) in [5.74, 6) is 0.814. The molecule has 0 bridgehead atoms. The molecule has 0 spiro atoms. The lowest BCUT2D eigenvalue weighted by molar-refractivity contribution is 0.756. The van der Waals surface area contributed by atoms with E-state index in [9.17, 15) is 0 Å². The highest BCUT2D eigenvalue weighted by molar-refractivity contribution is 5.32. The van der Waals surface area contributed by atoms with Gasteiger partial charge in [0, 0.05) is 37.1 Å². The molecule has 4 nitrogen and oxygen atoms in total. The van der Waals surface area contributed by atoms with Crippen molar-refractivity contribution in [1.29, 1.82) is 0 Å². The van der Waals surface area contributed by atoms with Gasteiger partial charge in [0.1, 0.15) is 0 Å². The largest absolute Gasteiger partial charge is 0.341 e. The Hall–Kier alpha value is -1.16. The SMILES string of the molecule is CCCN(CC)c1ncc(CN)c(C)n1. The molecule has 0 aliphatic rings. The summed E-state index contributed by atoms with van der Waals surface area (Å²) in [4.78, 5) is 11.0. The van der Waals surface area contributed by atoms with Gasteiger partial charge in [0.05, 0.1) is 0 Å². The Morgan fingerprint density at radius 1 is 1.40 bits per heavy atom. The standard InChI is InChI=1S/C11H20N4/c1-4-6-15(5-2)11-13-8-10(7-12)9(3)14-11/h8H,4-7,12H2,1-3H3. The van der Waals surface area contributed by atoms with Gasteiger partial charge in [-0.1, -0.05) is 6.92 Å². The first-order valence-corrected chi connectivity index (χ1v) is 5.50. The van der Waals surface area contributed by atoms with Gasteiger partial charge in [-0.3, -0.25) is 0 Å². The zero-order valence-electron chi connectivity index (χ0n) is 9.82. The molecule has 0 aliphatic heterocycles. The predicted octanol–water partition coefficient (Wildman–Crippen LogP) is 1.48. The Morgan fingerprint density at radius 3 is 2.60 bits per heavy atom. The van der Waals surface area contributed by atoms with E-state index in [0.717, 1.165) is 36.7 Å². The molecule has 84 valence electrons. The fraction of sp³-hybridized carbons (Fsp3) is 0.636. The first-order valence-electron chi connectivity index (χ1n) is 5.50. The molecule has 1 aromatic rings. The molecule has 0 unspecified atom stereocenters. The van der Waals surface area contributed by atoms with Crippen molar-refractivity contribution in [2.24, 2.45) is 5.73 Å². The van der Waals surface area contributed by atoms with E-state index in [1.54, 1.807) is 0 Å². The van der Waals surface area contributed by atoms with Crippen molar-refractivity contribution in [3.63, 3.8) is 0 Å². The van der Waals surface area contributed by atoms with Gasteiger partial charge in [-0.05, 0) is 20.3 Å². The minimum Gasteiger partial charge on any atom is -0.341 e. The second-order valence-electron chi connectivity index (χ2n) is 3.56. The molecular formula is C11H20N4. The minimum absolute atomic E-state index is 0.506. The highest BCUT2D eigenvalue weighted by Crippen LogP contribution is 2.10. The van der Waals surface area contributed by atoms with Crippen molar-refractivity contribution < 1.29 is 0 Å². The molecule has 2 N–H and O–H groups in total. The number of anilines is 1. The molecular weight excluding hydrogens is 188 g/mol. The molecule has 0 saturated carbocycles. The smallest absolute Gasteiger partial charge is 0.225 e. The van der Waals surface area contributed by atoms with Crippen molar-refractivity contribution >= 4 is 5.95 Å². The number of aromatic nitrogens is 2. The van der Waals surface area contributed by atoms with Crippen molar-refractivity contribution in [3.05, 3.63) is 17.5 Å². The summed E-state index contributed by atoms with van der Waals surface area (Å²) < 4.78 is 0. The summed E-state index contributed by atoms with van der Waals surface area (Å²) in [5, 5.41) is 0. The van der Waals surface area contributed by atoms with Crippen LogP contribution in [0, 0.1) is 6.92 Å². The first-order chi connectivity index (χ1) is 7.22. The molecule has 1 heterocycles. The maximum Gasteiger partial charge on any atom is 0.225 e. The lowest BCUT2D eigenvalue weighted by Crippen LogP contribution is -2.26. The van der Waals surface area contributed by atoms with E-state index in [2.05, 4.69) is 28.7 Å². The summed E-state index contributed by atoms with van der Waals surface area (Å²) in [6.45, 7) is 8.70. The molecule has 0 amide bonds. The minimum atomic E-state index is 0.506. The van der Waals surface area contributed by atoms with Gasteiger partial charge in [0.2, 0.25) is 5.95 Å².